The Morgan fingerprint density at radius 3 is 2.71 bits per heavy atom. The van der Waals surface area contributed by atoms with E-state index >= 15 is 0 Å². The van der Waals surface area contributed by atoms with E-state index in [0.29, 0.717) is 16.3 Å². The normalized spacial score (nSPS) is 13.5. The summed E-state index contributed by atoms with van der Waals surface area (Å²) >= 11 is 6.09. The fourth-order valence-corrected chi connectivity index (χ4v) is 4.51. The van der Waals surface area contributed by atoms with E-state index < -0.39 is 27.6 Å². The number of hydrogen-bond acceptors (Lipinski definition) is 5. The number of nitriles is 1. The van der Waals surface area contributed by atoms with Crippen LogP contribution >= 0.6 is 11.6 Å². The van der Waals surface area contributed by atoms with Crippen molar-refractivity contribution >= 4 is 33.6 Å². The van der Waals surface area contributed by atoms with Crippen LogP contribution in [0.3, 0.4) is 0 Å². The second kappa shape index (κ2) is 9.63. The molecule has 0 radical (unpaired) electrons. The topological polar surface area (TPSA) is 91.8 Å². The molecule has 2 heterocycles. The smallest absolute Gasteiger partial charge is 0.169 e. The molecule has 4 aromatic rings. The second-order valence-corrected chi connectivity index (χ2v) is 11.2. The van der Waals surface area contributed by atoms with Crippen LogP contribution in [0.25, 0.3) is 22.2 Å². The third-order valence-electron chi connectivity index (χ3n) is 5.26. The van der Waals surface area contributed by atoms with E-state index in [-0.39, 0.29) is 17.8 Å². The summed E-state index contributed by atoms with van der Waals surface area (Å²) in [6, 6.07) is 16.6. The van der Waals surface area contributed by atoms with Gasteiger partial charge in [-0.2, -0.15) is 5.26 Å². The van der Waals surface area contributed by atoms with Gasteiger partial charge in [0.2, 0.25) is 0 Å². The highest BCUT2D eigenvalue weighted by Gasteiger charge is 2.27. The molecule has 0 aliphatic rings. The first kappa shape index (κ1) is 24.0. The number of fused-ring (bicyclic) bond motifs is 1. The number of nitrogens with one attached hydrogen (secondary N) is 1. The largest absolute Gasteiger partial charge is 0.356 e. The van der Waals surface area contributed by atoms with E-state index in [2.05, 4.69) is 14.9 Å². The Kier molecular flexibility index (Phi) is 6.80. The number of rotatable bonds is 6. The first-order chi connectivity index (χ1) is 16.2. The predicted molar refractivity (Wildman–Crippen MR) is 131 cm³/mol. The lowest BCUT2D eigenvalue weighted by Gasteiger charge is -2.26. The van der Waals surface area contributed by atoms with Crippen molar-refractivity contribution in [3.63, 3.8) is 0 Å². The van der Waals surface area contributed by atoms with Gasteiger partial charge in [0, 0.05) is 28.5 Å². The molecule has 0 bridgehead atoms. The van der Waals surface area contributed by atoms with Crippen LogP contribution in [-0.4, -0.2) is 19.1 Å². The van der Waals surface area contributed by atoms with Crippen LogP contribution in [0.2, 0.25) is 5.02 Å². The molecular formula is C25H22ClFN4O2S. The molecule has 0 saturated carbocycles. The minimum Gasteiger partial charge on any atom is -0.356 e. The summed E-state index contributed by atoms with van der Waals surface area (Å²) in [6.07, 6.45) is 0.0712. The number of aromatic nitrogens is 2. The Hall–Kier alpha value is -3.12. The zero-order valence-electron chi connectivity index (χ0n) is 18.8. The van der Waals surface area contributed by atoms with E-state index in [1.165, 1.54) is 12.1 Å². The van der Waals surface area contributed by atoms with Gasteiger partial charge < -0.3 is 4.52 Å². The SMILES string of the molecule is CC(C)(C)[S@](=O)N[C@@H](Cc1nc(C#N)ccc1F)c1ccccc1-c1noc2cc(Cl)ccc12. The lowest BCUT2D eigenvalue weighted by atomic mass is 9.94. The van der Waals surface area contributed by atoms with Crippen molar-refractivity contribution in [1.29, 1.82) is 5.26 Å². The zero-order valence-corrected chi connectivity index (χ0v) is 20.4. The predicted octanol–water partition coefficient (Wildman–Crippen LogP) is 5.89. The number of halogens is 2. The Labute approximate surface area is 204 Å². The summed E-state index contributed by atoms with van der Waals surface area (Å²) in [7, 11) is -1.47. The fraction of sp³-hybridized carbons (Fsp3) is 0.240. The molecule has 0 aliphatic heterocycles. The van der Waals surface area contributed by atoms with E-state index in [0.717, 1.165) is 16.5 Å². The highest BCUT2D eigenvalue weighted by atomic mass is 35.5. The Balaban J connectivity index is 1.84. The highest BCUT2D eigenvalue weighted by molar-refractivity contribution is 7.84. The number of nitrogens with zero attached hydrogens (tertiary/aromatic N) is 3. The second-order valence-electron chi connectivity index (χ2n) is 8.75. The summed E-state index contributed by atoms with van der Waals surface area (Å²) in [5.41, 5.74) is 2.83. The first-order valence-electron chi connectivity index (χ1n) is 10.5. The summed E-state index contributed by atoms with van der Waals surface area (Å²) in [5, 5.41) is 14.8. The van der Waals surface area contributed by atoms with Gasteiger partial charge >= 0.3 is 0 Å². The molecule has 9 heteroatoms. The summed E-state index contributed by atoms with van der Waals surface area (Å²) in [5.74, 6) is -0.536. The lowest BCUT2D eigenvalue weighted by molar-refractivity contribution is 0.459. The van der Waals surface area contributed by atoms with Crippen molar-refractivity contribution < 1.29 is 13.1 Å². The molecule has 6 nitrogen and oxygen atoms in total. The molecule has 0 saturated heterocycles. The summed E-state index contributed by atoms with van der Waals surface area (Å²) < 4.78 is 35.8. The van der Waals surface area contributed by atoms with Gasteiger partial charge in [0.05, 0.1) is 27.5 Å². The maximum atomic E-state index is 14.7. The van der Waals surface area contributed by atoms with Gasteiger partial charge in [-0.15, -0.1) is 0 Å². The Morgan fingerprint density at radius 1 is 1.21 bits per heavy atom. The minimum absolute atomic E-state index is 0.0712. The van der Waals surface area contributed by atoms with Gasteiger partial charge in [0.15, 0.2) is 5.58 Å². The van der Waals surface area contributed by atoms with Crippen LogP contribution in [0.4, 0.5) is 4.39 Å². The van der Waals surface area contributed by atoms with Crippen molar-refractivity contribution in [1.82, 2.24) is 14.9 Å². The van der Waals surface area contributed by atoms with Gasteiger partial charge in [0.25, 0.3) is 0 Å². The summed E-state index contributed by atoms with van der Waals surface area (Å²) in [4.78, 5) is 4.15. The molecule has 0 amide bonds. The van der Waals surface area contributed by atoms with Crippen LogP contribution in [0, 0.1) is 17.1 Å². The highest BCUT2D eigenvalue weighted by Crippen LogP contribution is 2.35. The van der Waals surface area contributed by atoms with Crippen molar-refractivity contribution in [2.75, 3.05) is 0 Å². The van der Waals surface area contributed by atoms with Crippen molar-refractivity contribution in [3.05, 3.63) is 82.4 Å². The van der Waals surface area contributed by atoms with Crippen molar-refractivity contribution in [2.24, 2.45) is 0 Å². The molecule has 2 aromatic heterocycles. The standard InChI is InChI=1S/C25H22ClFN4O2S/c1-25(2,3)34(32)31-21(13-22-20(27)11-9-16(14-28)29-22)17-6-4-5-7-18(17)24-19-10-8-15(26)12-23(19)33-30-24/h4-12,21,31H,13H2,1-3H3/t21-,34-/m0/s1. The van der Waals surface area contributed by atoms with E-state index in [9.17, 15) is 13.9 Å². The molecule has 0 spiro atoms. The van der Waals surface area contributed by atoms with Crippen molar-refractivity contribution in [2.45, 2.75) is 38.0 Å². The maximum absolute atomic E-state index is 14.7. The van der Waals surface area contributed by atoms with Crippen LogP contribution in [0.5, 0.6) is 0 Å². The van der Waals surface area contributed by atoms with Gasteiger partial charge in [-0.1, -0.05) is 41.0 Å². The maximum Gasteiger partial charge on any atom is 0.169 e. The molecule has 34 heavy (non-hydrogen) atoms. The van der Waals surface area contributed by atoms with Gasteiger partial charge in [0.1, 0.15) is 23.3 Å². The van der Waals surface area contributed by atoms with E-state index in [4.69, 9.17) is 16.1 Å². The fourth-order valence-electron chi connectivity index (χ4n) is 3.53. The summed E-state index contributed by atoms with van der Waals surface area (Å²) in [6.45, 7) is 5.55. The molecule has 2 aromatic carbocycles. The van der Waals surface area contributed by atoms with Gasteiger partial charge in [-0.3, -0.25) is 0 Å². The monoisotopic (exact) mass is 496 g/mol. The average molecular weight is 497 g/mol. The number of benzene rings is 2. The molecule has 2 atom stereocenters. The Morgan fingerprint density at radius 2 is 1.97 bits per heavy atom. The van der Waals surface area contributed by atoms with E-state index in [1.54, 1.807) is 12.1 Å². The van der Waals surface area contributed by atoms with Crippen LogP contribution in [0.1, 0.15) is 43.8 Å². The third-order valence-corrected chi connectivity index (χ3v) is 7.11. The van der Waals surface area contributed by atoms with Crippen molar-refractivity contribution in [3.8, 4) is 17.3 Å². The van der Waals surface area contributed by atoms with E-state index in [1.807, 2.05) is 57.2 Å². The van der Waals surface area contributed by atoms with Crippen LogP contribution in [0.15, 0.2) is 59.1 Å². The molecule has 174 valence electrons. The lowest BCUT2D eigenvalue weighted by Crippen LogP contribution is -2.37. The van der Waals surface area contributed by atoms with Crippen LogP contribution in [-0.2, 0) is 17.4 Å². The van der Waals surface area contributed by atoms with Gasteiger partial charge in [-0.25, -0.2) is 18.3 Å². The zero-order chi connectivity index (χ0) is 24.5. The molecule has 1 N–H and O–H groups in total. The molecular weight excluding hydrogens is 475 g/mol. The minimum atomic E-state index is -1.47. The number of pyridine rings is 1. The number of hydrogen-bond donors (Lipinski definition) is 1. The quantitative estimate of drug-likeness (QED) is 0.359. The molecule has 0 aliphatic carbocycles. The molecule has 0 fully saturated rings. The average Bonchev–Trinajstić information content (AvgIpc) is 3.22. The third kappa shape index (κ3) is 5.02. The molecule has 4 rings (SSSR count). The Bertz CT molecular complexity index is 1420. The molecule has 0 unspecified atom stereocenters. The van der Waals surface area contributed by atoms with Crippen LogP contribution < -0.4 is 4.72 Å². The van der Waals surface area contributed by atoms with Gasteiger partial charge in [-0.05, 0) is 50.6 Å². The first-order valence-corrected chi connectivity index (χ1v) is 12.1.